The summed E-state index contributed by atoms with van der Waals surface area (Å²) in [5, 5.41) is 8.45. The monoisotopic (exact) mass is 289 g/mol. The predicted octanol–water partition coefficient (Wildman–Crippen LogP) is 2.15. The van der Waals surface area contributed by atoms with E-state index in [4.69, 9.17) is 4.52 Å². The highest BCUT2D eigenvalue weighted by molar-refractivity contribution is 4.97. The fraction of sp³-hybridized carbons (Fsp3) is 0.667. The van der Waals surface area contributed by atoms with Gasteiger partial charge in [0, 0.05) is 18.8 Å². The Hall–Kier alpha value is -1.69. The Morgan fingerprint density at radius 1 is 1.38 bits per heavy atom. The van der Waals surface area contributed by atoms with Crippen LogP contribution in [0.25, 0.3) is 0 Å². The first kappa shape index (κ1) is 14.3. The van der Waals surface area contributed by atoms with E-state index < -0.39 is 0 Å². The summed E-state index contributed by atoms with van der Waals surface area (Å²) in [6.45, 7) is 4.44. The van der Waals surface area contributed by atoms with E-state index in [1.165, 1.54) is 25.9 Å². The third-order valence-corrected chi connectivity index (χ3v) is 4.31. The fourth-order valence-electron chi connectivity index (χ4n) is 2.95. The van der Waals surface area contributed by atoms with E-state index in [2.05, 4.69) is 34.1 Å². The lowest BCUT2D eigenvalue weighted by atomic mass is 9.94. The van der Waals surface area contributed by atoms with Crippen molar-refractivity contribution in [2.75, 3.05) is 20.1 Å². The number of aromatic nitrogens is 4. The Labute approximate surface area is 125 Å². The van der Waals surface area contributed by atoms with Gasteiger partial charge in [-0.1, -0.05) is 12.1 Å². The van der Waals surface area contributed by atoms with E-state index in [1.807, 2.05) is 16.9 Å². The molecule has 0 N–H and O–H groups in total. The lowest BCUT2D eigenvalue weighted by molar-refractivity contribution is 0.216. The van der Waals surface area contributed by atoms with Crippen molar-refractivity contribution >= 4 is 0 Å². The van der Waals surface area contributed by atoms with Gasteiger partial charge in [-0.2, -0.15) is 10.1 Å². The maximum atomic E-state index is 5.47. The van der Waals surface area contributed by atoms with Crippen LogP contribution in [0.2, 0.25) is 0 Å². The average molecular weight is 289 g/mol. The number of hydrogen-bond donors (Lipinski definition) is 0. The summed E-state index contributed by atoms with van der Waals surface area (Å²) in [5.74, 6) is 2.19. The molecule has 0 spiro atoms. The zero-order valence-corrected chi connectivity index (χ0v) is 12.8. The molecule has 2 aromatic rings. The molecule has 0 amide bonds. The predicted molar refractivity (Wildman–Crippen MR) is 78.9 cm³/mol. The molecule has 0 saturated carbocycles. The fourth-order valence-corrected chi connectivity index (χ4v) is 2.95. The normalized spacial score (nSPS) is 19.0. The molecule has 0 aliphatic carbocycles. The molecule has 6 heteroatoms. The van der Waals surface area contributed by atoms with Crippen LogP contribution in [0.5, 0.6) is 0 Å². The lowest BCUT2D eigenvalue weighted by Gasteiger charge is -2.28. The molecular formula is C15H23N5O. The molecule has 1 saturated heterocycles. The minimum atomic E-state index is 0.0405. The van der Waals surface area contributed by atoms with E-state index in [9.17, 15) is 0 Å². The highest BCUT2D eigenvalue weighted by Crippen LogP contribution is 2.22. The topological polar surface area (TPSA) is 60.0 Å². The first-order valence-electron chi connectivity index (χ1n) is 7.76. The zero-order valence-electron chi connectivity index (χ0n) is 12.8. The second kappa shape index (κ2) is 6.39. The van der Waals surface area contributed by atoms with Crippen LogP contribution in [-0.2, 0) is 6.42 Å². The molecular weight excluding hydrogens is 266 g/mol. The third kappa shape index (κ3) is 3.32. The molecule has 1 atom stereocenters. The Morgan fingerprint density at radius 3 is 2.86 bits per heavy atom. The van der Waals surface area contributed by atoms with Gasteiger partial charge in [-0.3, -0.25) is 4.68 Å². The Balaban J connectivity index is 1.65. The van der Waals surface area contributed by atoms with Gasteiger partial charge in [0.1, 0.15) is 6.04 Å². The number of piperidine rings is 1. The lowest BCUT2D eigenvalue weighted by Crippen LogP contribution is -2.31. The van der Waals surface area contributed by atoms with Crippen molar-refractivity contribution in [2.24, 2.45) is 5.92 Å². The van der Waals surface area contributed by atoms with Crippen molar-refractivity contribution in [1.82, 2.24) is 24.8 Å². The summed E-state index contributed by atoms with van der Waals surface area (Å²) >= 11 is 0. The van der Waals surface area contributed by atoms with Crippen molar-refractivity contribution in [2.45, 2.75) is 38.6 Å². The Kier molecular flexibility index (Phi) is 4.34. The molecule has 6 nitrogen and oxygen atoms in total. The number of hydrogen-bond acceptors (Lipinski definition) is 5. The highest BCUT2D eigenvalue weighted by atomic mass is 16.5. The number of rotatable bonds is 5. The molecule has 21 heavy (non-hydrogen) atoms. The minimum absolute atomic E-state index is 0.0405. The first-order valence-corrected chi connectivity index (χ1v) is 7.76. The summed E-state index contributed by atoms with van der Waals surface area (Å²) in [4.78, 5) is 6.98. The molecule has 1 aliphatic rings. The smallest absolute Gasteiger partial charge is 0.251 e. The maximum absolute atomic E-state index is 5.47. The second-order valence-electron chi connectivity index (χ2n) is 5.91. The van der Waals surface area contributed by atoms with E-state index in [0.717, 1.165) is 18.7 Å². The van der Waals surface area contributed by atoms with Crippen LogP contribution in [-0.4, -0.2) is 45.0 Å². The van der Waals surface area contributed by atoms with E-state index in [-0.39, 0.29) is 6.04 Å². The SMILES string of the molecule is CC[C@@H](c1nc(CC2CCN(C)CC2)no1)n1cccn1. The molecule has 0 bridgehead atoms. The quantitative estimate of drug-likeness (QED) is 0.844. The molecule has 1 fully saturated rings. The van der Waals surface area contributed by atoms with Crippen LogP contribution in [0.15, 0.2) is 23.0 Å². The summed E-state index contributed by atoms with van der Waals surface area (Å²) in [6, 6.07) is 1.96. The van der Waals surface area contributed by atoms with E-state index in [1.54, 1.807) is 6.20 Å². The number of likely N-dealkylation sites (tertiary alicyclic amines) is 1. The van der Waals surface area contributed by atoms with Crippen molar-refractivity contribution in [3.63, 3.8) is 0 Å². The second-order valence-corrected chi connectivity index (χ2v) is 5.91. The highest BCUT2D eigenvalue weighted by Gasteiger charge is 2.22. The van der Waals surface area contributed by atoms with Crippen LogP contribution in [0.3, 0.4) is 0 Å². The van der Waals surface area contributed by atoms with Gasteiger partial charge < -0.3 is 9.42 Å². The summed E-state index contributed by atoms with van der Waals surface area (Å²) in [5.41, 5.74) is 0. The van der Waals surface area contributed by atoms with Crippen LogP contribution < -0.4 is 0 Å². The molecule has 3 rings (SSSR count). The molecule has 0 aromatic carbocycles. The minimum Gasteiger partial charge on any atom is -0.337 e. The first-order chi connectivity index (χ1) is 10.3. The van der Waals surface area contributed by atoms with Crippen LogP contribution in [0.1, 0.15) is 43.9 Å². The summed E-state index contributed by atoms with van der Waals surface area (Å²) in [6.07, 6.45) is 7.96. The van der Waals surface area contributed by atoms with Gasteiger partial charge in [0.2, 0.25) is 0 Å². The van der Waals surface area contributed by atoms with Crippen molar-refractivity contribution in [1.29, 1.82) is 0 Å². The molecule has 2 aromatic heterocycles. The van der Waals surface area contributed by atoms with Crippen molar-refractivity contribution in [3.8, 4) is 0 Å². The van der Waals surface area contributed by atoms with Crippen molar-refractivity contribution in [3.05, 3.63) is 30.2 Å². The van der Waals surface area contributed by atoms with Gasteiger partial charge in [-0.25, -0.2) is 0 Å². The van der Waals surface area contributed by atoms with Gasteiger partial charge in [-0.15, -0.1) is 0 Å². The molecule has 3 heterocycles. The van der Waals surface area contributed by atoms with E-state index in [0.29, 0.717) is 11.8 Å². The maximum Gasteiger partial charge on any atom is 0.251 e. The molecule has 114 valence electrons. The van der Waals surface area contributed by atoms with Crippen LogP contribution in [0.4, 0.5) is 0 Å². The largest absolute Gasteiger partial charge is 0.337 e. The van der Waals surface area contributed by atoms with Crippen molar-refractivity contribution < 1.29 is 4.52 Å². The number of nitrogens with zero attached hydrogens (tertiary/aromatic N) is 5. The Morgan fingerprint density at radius 2 is 2.19 bits per heavy atom. The standard InChI is InChI=1S/C15H23N5O/c1-3-13(20-8-4-7-16-20)15-17-14(18-21-15)11-12-5-9-19(2)10-6-12/h4,7-8,12-13H,3,5-6,9-11H2,1-2H3/t13-/m0/s1. The van der Waals surface area contributed by atoms with Gasteiger partial charge >= 0.3 is 0 Å². The van der Waals surface area contributed by atoms with Gasteiger partial charge in [0.05, 0.1) is 0 Å². The van der Waals surface area contributed by atoms with Gasteiger partial charge in [-0.05, 0) is 51.4 Å². The van der Waals surface area contributed by atoms with Gasteiger partial charge in [0.15, 0.2) is 5.82 Å². The van der Waals surface area contributed by atoms with E-state index >= 15 is 0 Å². The summed E-state index contributed by atoms with van der Waals surface area (Å²) in [7, 11) is 2.18. The third-order valence-electron chi connectivity index (χ3n) is 4.31. The van der Waals surface area contributed by atoms with Crippen LogP contribution in [0, 0.1) is 5.92 Å². The molecule has 1 aliphatic heterocycles. The van der Waals surface area contributed by atoms with Gasteiger partial charge in [0.25, 0.3) is 5.89 Å². The Bertz CT molecular complexity index is 542. The van der Waals surface area contributed by atoms with Crippen LogP contribution >= 0.6 is 0 Å². The zero-order chi connectivity index (χ0) is 14.7. The molecule has 0 radical (unpaired) electrons. The summed E-state index contributed by atoms with van der Waals surface area (Å²) < 4.78 is 7.35. The molecule has 0 unspecified atom stereocenters. The average Bonchev–Trinajstić information content (AvgIpc) is 3.15.